The molecule has 0 amide bonds. The van der Waals surface area contributed by atoms with Gasteiger partial charge in [-0.3, -0.25) is 0 Å². The van der Waals surface area contributed by atoms with Gasteiger partial charge in [0.2, 0.25) is 5.88 Å². The summed E-state index contributed by atoms with van der Waals surface area (Å²) in [4.78, 5) is 4.44. The van der Waals surface area contributed by atoms with E-state index in [9.17, 15) is 0 Å². The van der Waals surface area contributed by atoms with E-state index in [1.165, 1.54) is 5.69 Å². The van der Waals surface area contributed by atoms with Gasteiger partial charge in [0.1, 0.15) is 0 Å². The molecule has 0 saturated carbocycles. The topological polar surface area (TPSA) is 39.1 Å². The Kier molecular flexibility index (Phi) is 4.58. The van der Waals surface area contributed by atoms with Gasteiger partial charge >= 0.3 is 0 Å². The molecule has 4 nitrogen and oxygen atoms in total. The lowest BCUT2D eigenvalue weighted by Gasteiger charge is -2.12. The molecule has 0 aliphatic rings. The van der Waals surface area contributed by atoms with E-state index in [1.54, 1.807) is 7.11 Å². The largest absolute Gasteiger partial charge is 0.481 e. The van der Waals surface area contributed by atoms with Gasteiger partial charge in [0, 0.05) is 30.5 Å². The summed E-state index contributed by atoms with van der Waals surface area (Å²) in [5, 5.41) is 3.43. The fraction of sp³-hybridized carbons (Fsp3) is 0.400. The molecular formula is C15H21N3O. The highest BCUT2D eigenvalue weighted by molar-refractivity contribution is 5.17. The van der Waals surface area contributed by atoms with Crippen LogP contribution >= 0.6 is 0 Å². The lowest BCUT2D eigenvalue weighted by atomic mass is 10.3. The zero-order valence-corrected chi connectivity index (χ0v) is 11.8. The predicted octanol–water partition coefficient (Wildman–Crippen LogP) is 2.44. The van der Waals surface area contributed by atoms with Crippen molar-refractivity contribution in [3.8, 4) is 5.88 Å². The molecule has 0 aliphatic heterocycles. The van der Waals surface area contributed by atoms with Crippen molar-refractivity contribution in [1.29, 1.82) is 0 Å². The molecule has 2 aromatic rings. The van der Waals surface area contributed by atoms with Crippen molar-refractivity contribution in [2.24, 2.45) is 0 Å². The van der Waals surface area contributed by atoms with E-state index in [4.69, 9.17) is 4.74 Å². The third-order valence-electron chi connectivity index (χ3n) is 2.94. The van der Waals surface area contributed by atoms with Crippen LogP contribution in [0.15, 0.2) is 36.5 Å². The Hall–Kier alpha value is -1.81. The van der Waals surface area contributed by atoms with E-state index in [0.29, 0.717) is 11.9 Å². The first-order chi connectivity index (χ1) is 9.19. The molecule has 0 aromatic carbocycles. The van der Waals surface area contributed by atoms with Crippen molar-refractivity contribution in [3.05, 3.63) is 47.9 Å². The number of methoxy groups -OCH3 is 1. The molecular weight excluding hydrogens is 238 g/mol. The quantitative estimate of drug-likeness (QED) is 0.866. The van der Waals surface area contributed by atoms with E-state index >= 15 is 0 Å². The van der Waals surface area contributed by atoms with Gasteiger partial charge in [-0.05, 0) is 18.2 Å². The second kappa shape index (κ2) is 6.38. The maximum absolute atomic E-state index is 5.15. The molecule has 1 N–H and O–H groups in total. The summed E-state index contributed by atoms with van der Waals surface area (Å²) in [7, 11) is 1.64. The van der Waals surface area contributed by atoms with Crippen molar-refractivity contribution >= 4 is 0 Å². The number of nitrogens with zero attached hydrogens (tertiary/aromatic N) is 2. The summed E-state index contributed by atoms with van der Waals surface area (Å²) in [6.45, 7) is 5.93. The molecule has 102 valence electrons. The zero-order valence-electron chi connectivity index (χ0n) is 11.8. The van der Waals surface area contributed by atoms with Crippen LogP contribution in [0.5, 0.6) is 5.88 Å². The fourth-order valence-electron chi connectivity index (χ4n) is 1.91. The number of ether oxygens (including phenoxy) is 1. The first-order valence-electron chi connectivity index (χ1n) is 6.56. The Morgan fingerprint density at radius 3 is 2.84 bits per heavy atom. The summed E-state index contributed by atoms with van der Waals surface area (Å²) in [6.07, 6.45) is 2.08. The van der Waals surface area contributed by atoms with Crippen molar-refractivity contribution in [3.63, 3.8) is 0 Å². The van der Waals surface area contributed by atoms with Crippen LogP contribution in [0.3, 0.4) is 0 Å². The second-order valence-corrected chi connectivity index (χ2v) is 4.83. The van der Waals surface area contributed by atoms with Gasteiger partial charge in [-0.15, -0.1) is 0 Å². The number of nitrogens with one attached hydrogen (secondary N) is 1. The molecule has 2 rings (SSSR count). The molecule has 19 heavy (non-hydrogen) atoms. The first-order valence-corrected chi connectivity index (χ1v) is 6.56. The van der Waals surface area contributed by atoms with E-state index in [2.05, 4.69) is 47.0 Å². The Balaban J connectivity index is 2.08. The molecule has 0 aliphatic carbocycles. The van der Waals surface area contributed by atoms with Gasteiger partial charge in [-0.2, -0.15) is 0 Å². The van der Waals surface area contributed by atoms with Gasteiger partial charge < -0.3 is 14.6 Å². The lowest BCUT2D eigenvalue weighted by molar-refractivity contribution is 0.395. The van der Waals surface area contributed by atoms with Crippen LogP contribution < -0.4 is 10.1 Å². The number of hydrogen-bond acceptors (Lipinski definition) is 3. The molecule has 0 bridgehead atoms. The van der Waals surface area contributed by atoms with Gasteiger partial charge in [0.25, 0.3) is 0 Å². The van der Waals surface area contributed by atoms with Crippen LogP contribution in [0, 0.1) is 0 Å². The van der Waals surface area contributed by atoms with Gasteiger partial charge in [-0.1, -0.05) is 19.9 Å². The summed E-state index contributed by atoms with van der Waals surface area (Å²) in [5.41, 5.74) is 2.26. The van der Waals surface area contributed by atoms with Crippen molar-refractivity contribution in [2.45, 2.75) is 33.0 Å². The first kappa shape index (κ1) is 13.6. The van der Waals surface area contributed by atoms with Crippen LogP contribution in [0.2, 0.25) is 0 Å². The van der Waals surface area contributed by atoms with Crippen LogP contribution in [0.1, 0.15) is 25.2 Å². The number of hydrogen-bond donors (Lipinski definition) is 1. The van der Waals surface area contributed by atoms with Crippen LogP contribution in [-0.2, 0) is 13.1 Å². The smallest absolute Gasteiger partial charge is 0.213 e. The predicted molar refractivity (Wildman–Crippen MR) is 76.3 cm³/mol. The van der Waals surface area contributed by atoms with Gasteiger partial charge in [0.05, 0.1) is 19.3 Å². The molecule has 0 radical (unpaired) electrons. The van der Waals surface area contributed by atoms with E-state index < -0.39 is 0 Å². The third kappa shape index (κ3) is 3.83. The minimum atomic E-state index is 0.485. The Morgan fingerprint density at radius 2 is 2.11 bits per heavy atom. The normalized spacial score (nSPS) is 10.9. The average molecular weight is 259 g/mol. The SMILES string of the molecule is COc1cccc(Cn2cccc2CNC(C)C)n1. The molecule has 2 aromatic heterocycles. The molecule has 0 spiro atoms. The third-order valence-corrected chi connectivity index (χ3v) is 2.94. The average Bonchev–Trinajstić information content (AvgIpc) is 2.84. The van der Waals surface area contributed by atoms with Crippen molar-refractivity contribution < 1.29 is 4.74 Å². The molecule has 0 saturated heterocycles. The highest BCUT2D eigenvalue weighted by Gasteiger charge is 2.04. The summed E-state index contributed by atoms with van der Waals surface area (Å²) < 4.78 is 7.36. The second-order valence-electron chi connectivity index (χ2n) is 4.83. The zero-order chi connectivity index (χ0) is 13.7. The highest BCUT2D eigenvalue weighted by Crippen LogP contribution is 2.10. The van der Waals surface area contributed by atoms with Crippen LogP contribution in [0.4, 0.5) is 0 Å². The summed E-state index contributed by atoms with van der Waals surface area (Å²) in [5.74, 6) is 0.659. The number of rotatable bonds is 6. The summed E-state index contributed by atoms with van der Waals surface area (Å²) >= 11 is 0. The lowest BCUT2D eigenvalue weighted by Crippen LogP contribution is -2.23. The summed E-state index contributed by atoms with van der Waals surface area (Å²) in [6, 6.07) is 10.5. The van der Waals surface area contributed by atoms with E-state index in [1.807, 2.05) is 18.2 Å². The fourth-order valence-corrected chi connectivity index (χ4v) is 1.91. The van der Waals surface area contributed by atoms with Crippen molar-refractivity contribution in [2.75, 3.05) is 7.11 Å². The number of aromatic nitrogens is 2. The van der Waals surface area contributed by atoms with E-state index in [0.717, 1.165) is 18.8 Å². The molecule has 0 atom stereocenters. The van der Waals surface area contributed by atoms with E-state index in [-0.39, 0.29) is 0 Å². The van der Waals surface area contributed by atoms with Crippen LogP contribution in [-0.4, -0.2) is 22.7 Å². The monoisotopic (exact) mass is 259 g/mol. The maximum Gasteiger partial charge on any atom is 0.213 e. The molecule has 0 fully saturated rings. The Labute approximate surface area is 114 Å². The Bertz CT molecular complexity index is 520. The highest BCUT2D eigenvalue weighted by atomic mass is 16.5. The molecule has 0 unspecified atom stereocenters. The molecule has 4 heteroatoms. The van der Waals surface area contributed by atoms with Gasteiger partial charge in [-0.25, -0.2) is 4.98 Å². The number of pyridine rings is 1. The standard InChI is InChI=1S/C15H21N3O/c1-12(2)16-10-14-7-5-9-18(14)11-13-6-4-8-15(17-13)19-3/h4-9,12,16H,10-11H2,1-3H3. The van der Waals surface area contributed by atoms with Gasteiger partial charge in [0.15, 0.2) is 0 Å². The maximum atomic E-state index is 5.15. The van der Waals surface area contributed by atoms with Crippen LogP contribution in [0.25, 0.3) is 0 Å². The Morgan fingerprint density at radius 1 is 1.26 bits per heavy atom. The minimum absolute atomic E-state index is 0.485. The van der Waals surface area contributed by atoms with Crippen molar-refractivity contribution in [1.82, 2.24) is 14.9 Å². The molecule has 2 heterocycles. The minimum Gasteiger partial charge on any atom is -0.481 e.